The van der Waals surface area contributed by atoms with Crippen LogP contribution < -0.4 is 5.56 Å². The zero-order chi connectivity index (χ0) is 12.9. The Bertz CT molecular complexity index is 851. The van der Waals surface area contributed by atoms with Gasteiger partial charge in [-0.05, 0) is 18.2 Å². The van der Waals surface area contributed by atoms with Crippen LogP contribution in [0.15, 0.2) is 23.0 Å². The lowest BCUT2D eigenvalue weighted by molar-refractivity contribution is 0.0692. The molecule has 0 bridgehead atoms. The molecule has 0 fully saturated rings. The summed E-state index contributed by atoms with van der Waals surface area (Å²) in [5.41, 5.74) is -0.405. The number of hydrogen-bond acceptors (Lipinski definition) is 4. The van der Waals surface area contributed by atoms with E-state index in [4.69, 9.17) is 16.7 Å². The number of nitrogens with zero attached hydrogens (tertiary/aromatic N) is 3. The van der Waals surface area contributed by atoms with E-state index >= 15 is 0 Å². The number of nitrogens with one attached hydrogen (secondary N) is 1. The van der Waals surface area contributed by atoms with E-state index in [1.165, 1.54) is 10.6 Å². The minimum Gasteiger partial charge on any atom is -0.476 e. The summed E-state index contributed by atoms with van der Waals surface area (Å²) in [5.74, 6) is -1.26. The standard InChI is InChI=1S/C10H5ClN4O3/c11-4-1-2-6-5(3-4)9(16)12-8-7(10(17)18)13-14-15(6)8/h1-3,14H,(H,17,18). The molecule has 0 amide bonds. The number of benzene rings is 1. The fourth-order valence-corrected chi connectivity index (χ4v) is 1.92. The molecule has 2 N–H and O–H groups in total. The summed E-state index contributed by atoms with van der Waals surface area (Å²) in [7, 11) is 0. The van der Waals surface area contributed by atoms with Crippen molar-refractivity contribution in [3.63, 3.8) is 0 Å². The van der Waals surface area contributed by atoms with Crippen molar-refractivity contribution in [2.24, 2.45) is 0 Å². The molecule has 0 aliphatic heterocycles. The molecule has 0 saturated heterocycles. The number of carboxylic acid groups (broad SMARTS) is 1. The molecule has 90 valence electrons. The smallest absolute Gasteiger partial charge is 0.360 e. The average Bonchev–Trinajstić information content (AvgIpc) is 2.73. The van der Waals surface area contributed by atoms with Crippen molar-refractivity contribution in [1.82, 2.24) is 19.8 Å². The molecule has 0 aliphatic carbocycles. The number of aromatic amines is 1. The largest absolute Gasteiger partial charge is 0.476 e. The van der Waals surface area contributed by atoms with E-state index in [-0.39, 0.29) is 11.3 Å². The van der Waals surface area contributed by atoms with Gasteiger partial charge in [-0.3, -0.25) is 4.79 Å². The molecule has 18 heavy (non-hydrogen) atoms. The Morgan fingerprint density at radius 2 is 2.22 bits per heavy atom. The van der Waals surface area contributed by atoms with E-state index in [2.05, 4.69) is 15.3 Å². The number of rotatable bonds is 1. The number of fused-ring (bicyclic) bond motifs is 3. The number of carboxylic acids is 1. The van der Waals surface area contributed by atoms with Crippen LogP contribution in [0.2, 0.25) is 5.02 Å². The molecule has 0 radical (unpaired) electrons. The predicted molar refractivity (Wildman–Crippen MR) is 63.1 cm³/mol. The fraction of sp³-hybridized carbons (Fsp3) is 0. The topological polar surface area (TPSA) is 100 Å². The summed E-state index contributed by atoms with van der Waals surface area (Å²) < 4.78 is 1.33. The molecule has 0 atom stereocenters. The van der Waals surface area contributed by atoms with Gasteiger partial charge in [0.2, 0.25) is 5.69 Å². The van der Waals surface area contributed by atoms with Crippen LogP contribution in [0.3, 0.4) is 0 Å². The Balaban J connectivity index is 2.56. The third kappa shape index (κ3) is 1.37. The summed E-state index contributed by atoms with van der Waals surface area (Å²) in [5, 5.41) is 15.7. The lowest BCUT2D eigenvalue weighted by Crippen LogP contribution is -2.11. The molecule has 0 saturated carbocycles. The van der Waals surface area contributed by atoms with Gasteiger partial charge in [0.1, 0.15) is 0 Å². The first-order valence-electron chi connectivity index (χ1n) is 4.87. The zero-order valence-corrected chi connectivity index (χ0v) is 9.47. The van der Waals surface area contributed by atoms with E-state index in [0.717, 1.165) is 0 Å². The molecular weight excluding hydrogens is 260 g/mol. The molecule has 1 aromatic carbocycles. The summed E-state index contributed by atoms with van der Waals surface area (Å²) in [6.45, 7) is 0. The average molecular weight is 265 g/mol. The summed E-state index contributed by atoms with van der Waals surface area (Å²) in [4.78, 5) is 26.4. The summed E-state index contributed by atoms with van der Waals surface area (Å²) in [6.07, 6.45) is 0. The number of aromatic carboxylic acids is 1. The fourth-order valence-electron chi connectivity index (χ4n) is 1.75. The lowest BCUT2D eigenvalue weighted by Gasteiger charge is -2.00. The van der Waals surface area contributed by atoms with Crippen molar-refractivity contribution in [3.05, 3.63) is 39.3 Å². The highest BCUT2D eigenvalue weighted by molar-refractivity contribution is 6.31. The van der Waals surface area contributed by atoms with Gasteiger partial charge >= 0.3 is 5.97 Å². The Morgan fingerprint density at radius 3 is 2.94 bits per heavy atom. The SMILES string of the molecule is O=C(O)c1n[nH]n2c1nc(=O)c1cc(Cl)ccc12. The maximum absolute atomic E-state index is 11.8. The zero-order valence-electron chi connectivity index (χ0n) is 8.72. The van der Waals surface area contributed by atoms with Gasteiger partial charge < -0.3 is 5.11 Å². The van der Waals surface area contributed by atoms with Crippen LogP contribution in [-0.2, 0) is 0 Å². The molecule has 2 aromatic heterocycles. The molecule has 8 heteroatoms. The van der Waals surface area contributed by atoms with E-state index in [1.807, 2.05) is 0 Å². The van der Waals surface area contributed by atoms with E-state index in [0.29, 0.717) is 15.9 Å². The second-order valence-corrected chi connectivity index (χ2v) is 4.04. The number of aromatic nitrogens is 4. The third-order valence-electron chi connectivity index (χ3n) is 2.53. The van der Waals surface area contributed by atoms with Crippen molar-refractivity contribution in [1.29, 1.82) is 0 Å². The highest BCUT2D eigenvalue weighted by Crippen LogP contribution is 2.17. The van der Waals surface area contributed by atoms with Crippen LogP contribution in [0, 0.1) is 0 Å². The molecule has 0 spiro atoms. The van der Waals surface area contributed by atoms with Gasteiger partial charge in [0.25, 0.3) is 5.56 Å². The second-order valence-electron chi connectivity index (χ2n) is 3.60. The van der Waals surface area contributed by atoms with Gasteiger partial charge in [0.15, 0.2) is 5.65 Å². The normalized spacial score (nSPS) is 11.2. The van der Waals surface area contributed by atoms with Crippen LogP contribution >= 0.6 is 11.6 Å². The van der Waals surface area contributed by atoms with Gasteiger partial charge in [-0.1, -0.05) is 11.6 Å². The number of carbonyl (C=O) groups is 1. The number of H-pyrrole nitrogens is 1. The van der Waals surface area contributed by atoms with E-state index in [9.17, 15) is 9.59 Å². The van der Waals surface area contributed by atoms with Crippen molar-refractivity contribution < 1.29 is 9.90 Å². The van der Waals surface area contributed by atoms with Gasteiger partial charge in [-0.25, -0.2) is 14.5 Å². The molecule has 2 heterocycles. The van der Waals surface area contributed by atoms with E-state index < -0.39 is 11.5 Å². The van der Waals surface area contributed by atoms with Crippen LogP contribution in [0.25, 0.3) is 16.6 Å². The quantitative estimate of drug-likeness (QED) is 0.681. The first kappa shape index (κ1) is 10.7. The third-order valence-corrected chi connectivity index (χ3v) is 2.76. The Morgan fingerprint density at radius 1 is 1.44 bits per heavy atom. The van der Waals surface area contributed by atoms with Gasteiger partial charge in [-0.2, -0.15) is 4.98 Å². The van der Waals surface area contributed by atoms with Gasteiger partial charge in [-0.15, -0.1) is 5.10 Å². The van der Waals surface area contributed by atoms with Crippen LogP contribution in [-0.4, -0.2) is 30.9 Å². The van der Waals surface area contributed by atoms with E-state index in [1.54, 1.807) is 12.1 Å². The van der Waals surface area contributed by atoms with Gasteiger partial charge in [0, 0.05) is 5.02 Å². The maximum atomic E-state index is 11.8. The highest BCUT2D eigenvalue weighted by atomic mass is 35.5. The second kappa shape index (κ2) is 3.54. The van der Waals surface area contributed by atoms with Crippen molar-refractivity contribution in [2.45, 2.75) is 0 Å². The molecule has 7 nitrogen and oxygen atoms in total. The maximum Gasteiger partial charge on any atom is 0.360 e. The Hall–Kier alpha value is -2.41. The lowest BCUT2D eigenvalue weighted by atomic mass is 10.2. The molecular formula is C10H5ClN4O3. The number of halogens is 1. The van der Waals surface area contributed by atoms with Crippen molar-refractivity contribution >= 4 is 34.1 Å². The summed E-state index contributed by atoms with van der Waals surface area (Å²) >= 11 is 5.80. The van der Waals surface area contributed by atoms with Crippen LogP contribution in [0.5, 0.6) is 0 Å². The minimum absolute atomic E-state index is 0.0256. The predicted octanol–water partition coefficient (Wildman–Crippen LogP) is 0.922. The first-order chi connectivity index (χ1) is 8.58. The Labute approximate surface area is 104 Å². The number of hydrogen-bond donors (Lipinski definition) is 2. The molecule has 0 unspecified atom stereocenters. The van der Waals surface area contributed by atoms with Crippen LogP contribution in [0.4, 0.5) is 0 Å². The summed E-state index contributed by atoms with van der Waals surface area (Å²) in [6, 6.07) is 4.66. The molecule has 3 aromatic rings. The first-order valence-corrected chi connectivity index (χ1v) is 5.25. The highest BCUT2D eigenvalue weighted by Gasteiger charge is 2.17. The Kier molecular flexibility index (Phi) is 2.11. The monoisotopic (exact) mass is 264 g/mol. The van der Waals surface area contributed by atoms with Crippen LogP contribution in [0.1, 0.15) is 10.5 Å². The molecule has 0 aliphatic rings. The minimum atomic E-state index is -1.26. The van der Waals surface area contributed by atoms with Gasteiger partial charge in [0.05, 0.1) is 10.9 Å². The van der Waals surface area contributed by atoms with Crippen molar-refractivity contribution in [3.8, 4) is 0 Å². The van der Waals surface area contributed by atoms with Crippen molar-refractivity contribution in [2.75, 3.05) is 0 Å². The molecule has 3 rings (SSSR count).